The Morgan fingerprint density at radius 2 is 2.19 bits per heavy atom. The van der Waals surface area contributed by atoms with Crippen LogP contribution in [0.25, 0.3) is 0 Å². The molecule has 148 valence electrons. The van der Waals surface area contributed by atoms with Gasteiger partial charge in [-0.15, -0.1) is 0 Å². The molecule has 3 rings (SSSR count). The van der Waals surface area contributed by atoms with Gasteiger partial charge in [-0.1, -0.05) is 19.1 Å². The van der Waals surface area contributed by atoms with E-state index in [0.29, 0.717) is 25.4 Å². The number of amides is 2. The summed E-state index contributed by atoms with van der Waals surface area (Å²) >= 11 is 0. The molecule has 1 aromatic carbocycles. The van der Waals surface area contributed by atoms with Crippen molar-refractivity contribution in [2.45, 2.75) is 51.0 Å². The van der Waals surface area contributed by atoms with Gasteiger partial charge in [0.1, 0.15) is 5.82 Å². The van der Waals surface area contributed by atoms with Crippen LogP contribution in [0.2, 0.25) is 0 Å². The minimum Gasteiger partial charge on any atom is -0.354 e. The molecule has 0 radical (unpaired) electrons. The summed E-state index contributed by atoms with van der Waals surface area (Å²) < 4.78 is 13.4. The Morgan fingerprint density at radius 3 is 2.93 bits per heavy atom. The second kappa shape index (κ2) is 9.31. The highest BCUT2D eigenvalue weighted by atomic mass is 19.1. The highest BCUT2D eigenvalue weighted by Crippen LogP contribution is 2.23. The maximum Gasteiger partial charge on any atom is 0.237 e. The predicted octanol–water partition coefficient (Wildman–Crippen LogP) is 2.43. The highest BCUT2D eigenvalue weighted by Gasteiger charge is 2.27. The summed E-state index contributed by atoms with van der Waals surface area (Å²) in [6.45, 7) is 4.95. The van der Waals surface area contributed by atoms with Crippen molar-refractivity contribution in [3.63, 3.8) is 0 Å². The third-order valence-electron chi connectivity index (χ3n) is 5.71. The van der Waals surface area contributed by atoms with E-state index >= 15 is 0 Å². The van der Waals surface area contributed by atoms with Crippen LogP contribution >= 0.6 is 0 Å². The van der Waals surface area contributed by atoms with Crippen LogP contribution in [0.3, 0.4) is 0 Å². The molecular weight excluding hydrogens is 345 g/mol. The molecule has 2 aliphatic heterocycles. The Balaban J connectivity index is 1.46. The molecule has 1 aromatic rings. The quantitative estimate of drug-likeness (QED) is 0.803. The first kappa shape index (κ1) is 19.8. The number of carbonyl (C=O) groups excluding carboxylic acids is 2. The van der Waals surface area contributed by atoms with Crippen molar-refractivity contribution in [3.05, 3.63) is 35.6 Å². The Kier molecular flexibility index (Phi) is 6.83. The fourth-order valence-corrected chi connectivity index (χ4v) is 4.06. The molecule has 3 atom stereocenters. The Labute approximate surface area is 160 Å². The van der Waals surface area contributed by atoms with Gasteiger partial charge in [0.05, 0.1) is 6.04 Å². The van der Waals surface area contributed by atoms with Gasteiger partial charge in [0, 0.05) is 26.1 Å². The minimum absolute atomic E-state index is 0.0123. The van der Waals surface area contributed by atoms with Crippen molar-refractivity contribution < 1.29 is 14.0 Å². The zero-order valence-electron chi connectivity index (χ0n) is 16.0. The van der Waals surface area contributed by atoms with E-state index in [0.717, 1.165) is 44.3 Å². The molecule has 2 heterocycles. The van der Waals surface area contributed by atoms with Gasteiger partial charge >= 0.3 is 0 Å². The van der Waals surface area contributed by atoms with Gasteiger partial charge in [-0.3, -0.25) is 9.59 Å². The van der Waals surface area contributed by atoms with E-state index in [-0.39, 0.29) is 29.6 Å². The number of nitrogens with zero attached hydrogens (tertiary/aromatic N) is 1. The molecule has 2 saturated heterocycles. The Bertz CT molecular complexity index is 661. The van der Waals surface area contributed by atoms with Crippen LogP contribution in [0.1, 0.15) is 50.5 Å². The summed E-state index contributed by atoms with van der Waals surface area (Å²) in [6.07, 6.45) is 4.32. The molecule has 2 N–H and O–H groups in total. The molecule has 27 heavy (non-hydrogen) atoms. The smallest absolute Gasteiger partial charge is 0.237 e. The summed E-state index contributed by atoms with van der Waals surface area (Å²) in [5.74, 6) is 0.215. The molecular formula is C21H30FN3O2. The first-order valence-electron chi connectivity index (χ1n) is 10.1. The standard InChI is InChI=1S/C21H30FN3O2/c1-15(17-6-2-7-18(22)12-17)11-20(26)25-10-4-5-16(14-25)13-24-21(27)19-8-3-9-23-19/h2,6-7,12,15-16,19,23H,3-5,8-11,13-14H2,1H3,(H,24,27). The average Bonchev–Trinajstić information content (AvgIpc) is 3.21. The molecule has 5 nitrogen and oxygen atoms in total. The second-order valence-electron chi connectivity index (χ2n) is 7.90. The largest absolute Gasteiger partial charge is 0.354 e. The predicted molar refractivity (Wildman–Crippen MR) is 103 cm³/mol. The zero-order valence-corrected chi connectivity index (χ0v) is 16.0. The van der Waals surface area contributed by atoms with E-state index in [1.165, 1.54) is 12.1 Å². The van der Waals surface area contributed by atoms with Gasteiger partial charge in [-0.2, -0.15) is 0 Å². The molecule has 0 spiro atoms. The van der Waals surface area contributed by atoms with Crippen LogP contribution in [0.15, 0.2) is 24.3 Å². The summed E-state index contributed by atoms with van der Waals surface area (Å²) in [5.41, 5.74) is 0.855. The van der Waals surface area contributed by atoms with E-state index in [2.05, 4.69) is 10.6 Å². The number of nitrogens with one attached hydrogen (secondary N) is 2. The summed E-state index contributed by atoms with van der Waals surface area (Å²) in [4.78, 5) is 26.7. The lowest BCUT2D eigenvalue weighted by Gasteiger charge is -2.33. The minimum atomic E-state index is -0.266. The van der Waals surface area contributed by atoms with Crippen LogP contribution in [0.5, 0.6) is 0 Å². The lowest BCUT2D eigenvalue weighted by Crippen LogP contribution is -2.46. The third-order valence-corrected chi connectivity index (χ3v) is 5.71. The number of benzene rings is 1. The van der Waals surface area contributed by atoms with Gasteiger partial charge in [0.25, 0.3) is 0 Å². The van der Waals surface area contributed by atoms with E-state index in [4.69, 9.17) is 0 Å². The summed E-state index contributed by atoms with van der Waals surface area (Å²) in [7, 11) is 0. The number of likely N-dealkylation sites (tertiary alicyclic amines) is 1. The molecule has 2 amide bonds. The van der Waals surface area contributed by atoms with Crippen LogP contribution in [-0.2, 0) is 9.59 Å². The normalized spacial score (nSPS) is 23.9. The van der Waals surface area contributed by atoms with Crippen LogP contribution < -0.4 is 10.6 Å². The topological polar surface area (TPSA) is 61.4 Å². The van der Waals surface area contributed by atoms with Crippen molar-refractivity contribution >= 4 is 11.8 Å². The van der Waals surface area contributed by atoms with Crippen molar-refractivity contribution in [3.8, 4) is 0 Å². The monoisotopic (exact) mass is 375 g/mol. The van der Waals surface area contributed by atoms with Crippen LogP contribution in [0, 0.1) is 11.7 Å². The maximum atomic E-state index is 13.4. The van der Waals surface area contributed by atoms with Crippen molar-refractivity contribution in [1.82, 2.24) is 15.5 Å². The van der Waals surface area contributed by atoms with Gasteiger partial charge in [-0.05, 0) is 61.8 Å². The molecule has 6 heteroatoms. The van der Waals surface area contributed by atoms with Gasteiger partial charge in [-0.25, -0.2) is 4.39 Å². The van der Waals surface area contributed by atoms with E-state index in [1.807, 2.05) is 17.9 Å². The number of hydrogen-bond donors (Lipinski definition) is 2. The average molecular weight is 375 g/mol. The Morgan fingerprint density at radius 1 is 1.33 bits per heavy atom. The highest BCUT2D eigenvalue weighted by molar-refractivity contribution is 5.82. The first-order chi connectivity index (χ1) is 13.0. The van der Waals surface area contributed by atoms with E-state index in [9.17, 15) is 14.0 Å². The lowest BCUT2D eigenvalue weighted by molar-refractivity contribution is -0.133. The number of carbonyl (C=O) groups is 2. The zero-order chi connectivity index (χ0) is 19.2. The van der Waals surface area contributed by atoms with Crippen LogP contribution in [0.4, 0.5) is 4.39 Å². The molecule has 0 saturated carbocycles. The molecule has 3 unspecified atom stereocenters. The molecule has 0 aromatic heterocycles. The summed E-state index contributed by atoms with van der Waals surface area (Å²) in [5, 5.41) is 6.25. The molecule has 2 aliphatic rings. The fraction of sp³-hybridized carbons (Fsp3) is 0.619. The number of hydrogen-bond acceptors (Lipinski definition) is 3. The van der Waals surface area contributed by atoms with Crippen molar-refractivity contribution in [2.75, 3.05) is 26.2 Å². The molecule has 0 aliphatic carbocycles. The molecule has 2 fully saturated rings. The SMILES string of the molecule is CC(CC(=O)N1CCCC(CNC(=O)C2CCCN2)C1)c1cccc(F)c1. The molecule has 0 bridgehead atoms. The summed E-state index contributed by atoms with van der Waals surface area (Å²) in [6, 6.07) is 6.42. The fourth-order valence-electron chi connectivity index (χ4n) is 4.06. The van der Waals surface area contributed by atoms with Gasteiger partial charge in [0.2, 0.25) is 11.8 Å². The van der Waals surface area contributed by atoms with Gasteiger partial charge in [0.15, 0.2) is 0 Å². The van der Waals surface area contributed by atoms with E-state index < -0.39 is 0 Å². The number of piperidine rings is 1. The van der Waals surface area contributed by atoms with E-state index in [1.54, 1.807) is 6.07 Å². The second-order valence-corrected chi connectivity index (χ2v) is 7.90. The lowest BCUT2D eigenvalue weighted by atomic mass is 9.94. The van der Waals surface area contributed by atoms with Crippen LogP contribution in [-0.4, -0.2) is 48.9 Å². The number of rotatable bonds is 6. The van der Waals surface area contributed by atoms with Gasteiger partial charge < -0.3 is 15.5 Å². The third kappa shape index (κ3) is 5.51. The van der Waals surface area contributed by atoms with Crippen molar-refractivity contribution in [1.29, 1.82) is 0 Å². The number of halogens is 1. The van der Waals surface area contributed by atoms with Crippen molar-refractivity contribution in [2.24, 2.45) is 5.92 Å². The first-order valence-corrected chi connectivity index (χ1v) is 10.1. The maximum absolute atomic E-state index is 13.4. The Hall–Kier alpha value is -1.95.